The fraction of sp³-hybridized carbons (Fsp3) is 0.600. The van der Waals surface area contributed by atoms with E-state index in [9.17, 15) is 23.8 Å². The van der Waals surface area contributed by atoms with Gasteiger partial charge in [0.2, 0.25) is 0 Å². The van der Waals surface area contributed by atoms with Gasteiger partial charge in [-0.1, -0.05) is 6.08 Å². The molecule has 0 heterocycles. The molecule has 18 heavy (non-hydrogen) atoms. The second-order valence-electron chi connectivity index (χ2n) is 2.48. The van der Waals surface area contributed by atoms with Crippen LogP contribution in [0.1, 0.15) is 6.92 Å². The first-order chi connectivity index (χ1) is 6.66. The molecule has 13 N–H and O–H groups in total. The molecule has 0 aliphatic heterocycles. The van der Waals surface area contributed by atoms with Gasteiger partial charge in [0.15, 0.2) is 0 Å². The number of rotatable bonds is 6. The van der Waals surface area contributed by atoms with Gasteiger partial charge in [0.1, 0.15) is 0 Å². The van der Waals surface area contributed by atoms with Crippen molar-refractivity contribution in [2.45, 2.75) is 6.92 Å². The smallest absolute Gasteiger partial charge is 0.272 e. The number of phosphoric ester groups is 1. The first-order valence-electron chi connectivity index (χ1n) is 3.62. The maximum atomic E-state index is 10.6. The minimum Gasteiger partial charge on any atom is -0.790 e. The minimum atomic E-state index is -5.63. The standard InChI is InChI=1S/C5H12O8P2.3H3N/c1-5(4-6)2-3-12-15(10,11)13-14(7,8)9;;;/h2,6H,3-4H2,1H3,(H,10,11)(H2,7,8,9);3*1H3/b5-2+;;;. The Morgan fingerprint density at radius 2 is 1.67 bits per heavy atom. The van der Waals surface area contributed by atoms with Crippen LogP contribution in [-0.4, -0.2) is 18.3 Å². The topological polar surface area (TPSA) is 252 Å². The molecule has 0 aromatic carbocycles. The molecule has 1 atom stereocenters. The summed E-state index contributed by atoms with van der Waals surface area (Å²) in [5.41, 5.74) is 0.419. The van der Waals surface area contributed by atoms with E-state index >= 15 is 0 Å². The Kier molecular flexibility index (Phi) is 15.8. The molecule has 0 spiro atoms. The van der Waals surface area contributed by atoms with E-state index in [-0.39, 0.29) is 25.1 Å². The molecule has 0 aromatic rings. The largest absolute Gasteiger partial charge is 0.790 e. The number of hydrogen-bond acceptors (Lipinski definition) is 8. The summed E-state index contributed by atoms with van der Waals surface area (Å²) in [6.07, 6.45) is 1.19. The molecule has 13 heteroatoms. The fourth-order valence-corrected chi connectivity index (χ4v) is 1.91. The molecule has 0 radical (unpaired) electrons. The van der Waals surface area contributed by atoms with Crippen LogP contribution in [-0.2, 0) is 18.0 Å². The van der Waals surface area contributed by atoms with Crippen LogP contribution in [0.4, 0.5) is 0 Å². The number of phosphoric acid groups is 2. The predicted molar refractivity (Wildman–Crippen MR) is 61.0 cm³/mol. The maximum absolute atomic E-state index is 10.6. The Bertz CT molecular complexity index is 329. The van der Waals surface area contributed by atoms with Gasteiger partial charge in [-0.05, 0) is 12.5 Å². The van der Waals surface area contributed by atoms with E-state index < -0.39 is 22.3 Å². The summed E-state index contributed by atoms with van der Waals surface area (Å²) < 4.78 is 27.7. The average Bonchev–Trinajstić information content (AvgIpc) is 1.98. The van der Waals surface area contributed by atoms with Crippen LogP contribution < -0.4 is 33.1 Å². The molecule has 0 aliphatic carbocycles. The molecule has 11 nitrogen and oxygen atoms in total. The van der Waals surface area contributed by atoms with Crippen molar-refractivity contribution in [1.29, 1.82) is 0 Å². The normalized spacial score (nSPS) is 14.6. The molecule has 0 aliphatic rings. The highest BCUT2D eigenvalue weighted by Crippen LogP contribution is 2.50. The Morgan fingerprint density at radius 3 is 2.00 bits per heavy atom. The molecule has 0 rings (SSSR count). The van der Waals surface area contributed by atoms with Gasteiger partial charge < -0.3 is 47.3 Å². The third-order valence-corrected chi connectivity index (χ3v) is 3.18. The molecule has 114 valence electrons. The fourth-order valence-electron chi connectivity index (χ4n) is 0.481. The number of hydrogen-bond donors (Lipinski definition) is 4. The quantitative estimate of drug-likeness (QED) is 0.362. The van der Waals surface area contributed by atoms with Gasteiger partial charge in [-0.25, -0.2) is 0 Å². The average molecular weight is 313 g/mol. The lowest BCUT2D eigenvalue weighted by Gasteiger charge is -2.34. The van der Waals surface area contributed by atoms with E-state index in [0.29, 0.717) is 5.57 Å². The molecular formula is C5H21N3O8P2. The summed E-state index contributed by atoms with van der Waals surface area (Å²) in [6, 6.07) is 0. The van der Waals surface area contributed by atoms with Crippen LogP contribution in [0.2, 0.25) is 0 Å². The van der Waals surface area contributed by atoms with Crippen LogP contribution >= 0.6 is 15.6 Å². The summed E-state index contributed by atoms with van der Waals surface area (Å²) in [4.78, 5) is 30.5. The Labute approximate surface area is 104 Å². The molecule has 0 bridgehead atoms. The number of quaternary nitrogens is 3. The van der Waals surface area contributed by atoms with Crippen molar-refractivity contribution in [1.82, 2.24) is 18.5 Å². The van der Waals surface area contributed by atoms with E-state index in [1.54, 1.807) is 0 Å². The first kappa shape index (κ1) is 26.4. The second-order valence-corrected chi connectivity index (χ2v) is 5.18. The Hall–Kier alpha value is -0.160. The Balaban J connectivity index is -0.000000327. The van der Waals surface area contributed by atoms with E-state index in [1.165, 1.54) is 13.0 Å². The number of aliphatic hydroxyl groups excluding tert-OH is 1. The van der Waals surface area contributed by atoms with Crippen LogP contribution in [0.25, 0.3) is 0 Å². The second kappa shape index (κ2) is 10.7. The maximum Gasteiger partial charge on any atom is 0.272 e. The lowest BCUT2D eigenvalue weighted by atomic mass is 10.3. The summed E-state index contributed by atoms with van der Waals surface area (Å²) in [5.74, 6) is 0. The highest BCUT2D eigenvalue weighted by atomic mass is 31.3. The van der Waals surface area contributed by atoms with E-state index in [2.05, 4.69) is 8.83 Å². The highest BCUT2D eigenvalue weighted by molar-refractivity contribution is 7.58. The van der Waals surface area contributed by atoms with Gasteiger partial charge in [-0.2, -0.15) is 0 Å². The molecule has 0 saturated carbocycles. The van der Waals surface area contributed by atoms with Gasteiger partial charge in [-0.15, -0.1) is 0 Å². The van der Waals surface area contributed by atoms with Crippen molar-refractivity contribution < 1.29 is 37.8 Å². The minimum absolute atomic E-state index is 0. The van der Waals surface area contributed by atoms with Crippen LogP contribution in [0.15, 0.2) is 11.6 Å². The van der Waals surface area contributed by atoms with Crippen molar-refractivity contribution in [3.63, 3.8) is 0 Å². The van der Waals surface area contributed by atoms with Crippen molar-refractivity contribution in [2.24, 2.45) is 0 Å². The van der Waals surface area contributed by atoms with Crippen LogP contribution in [0.5, 0.6) is 0 Å². The third-order valence-electron chi connectivity index (χ3n) is 1.11. The van der Waals surface area contributed by atoms with Gasteiger partial charge in [0, 0.05) is 0 Å². The molecule has 0 aromatic heterocycles. The molecule has 0 amide bonds. The molecule has 0 fully saturated rings. The van der Waals surface area contributed by atoms with Crippen molar-refractivity contribution in [2.75, 3.05) is 13.2 Å². The first-order valence-corrected chi connectivity index (χ1v) is 6.54. The third kappa shape index (κ3) is 15.8. The van der Waals surface area contributed by atoms with Gasteiger partial charge in [0.05, 0.1) is 21.0 Å². The molecular weight excluding hydrogens is 292 g/mol. The van der Waals surface area contributed by atoms with Crippen molar-refractivity contribution in [3.05, 3.63) is 11.6 Å². The van der Waals surface area contributed by atoms with Crippen LogP contribution in [0.3, 0.4) is 0 Å². The van der Waals surface area contributed by atoms with E-state index in [4.69, 9.17) is 5.11 Å². The Morgan fingerprint density at radius 1 is 1.22 bits per heavy atom. The monoisotopic (exact) mass is 313 g/mol. The lowest BCUT2D eigenvalue weighted by molar-refractivity contribution is -0.339. The summed E-state index contributed by atoms with van der Waals surface area (Å²) in [6.45, 7) is 0.675. The van der Waals surface area contributed by atoms with Crippen molar-refractivity contribution >= 4 is 15.6 Å². The zero-order valence-electron chi connectivity index (χ0n) is 10.7. The van der Waals surface area contributed by atoms with Gasteiger partial charge in [0.25, 0.3) is 7.82 Å². The van der Waals surface area contributed by atoms with Gasteiger partial charge >= 0.3 is 0 Å². The molecule has 0 saturated heterocycles. The van der Waals surface area contributed by atoms with Crippen molar-refractivity contribution in [3.8, 4) is 0 Å². The van der Waals surface area contributed by atoms with E-state index in [0.717, 1.165) is 0 Å². The lowest BCUT2D eigenvalue weighted by Crippen LogP contribution is -2.19. The zero-order valence-corrected chi connectivity index (χ0v) is 12.5. The van der Waals surface area contributed by atoms with Gasteiger partial charge in [-0.3, -0.25) is 8.88 Å². The van der Waals surface area contributed by atoms with Crippen LogP contribution in [0, 0.1) is 0 Å². The zero-order chi connectivity index (χ0) is 12.1. The molecule has 1 unspecified atom stereocenters. The number of aliphatic hydroxyl groups is 1. The summed E-state index contributed by atoms with van der Waals surface area (Å²) in [5, 5.41) is 8.50. The summed E-state index contributed by atoms with van der Waals surface area (Å²) >= 11 is 0. The SMILES string of the molecule is C/C(=C\COP(=O)([O-])OP(=O)([O-])[O-])CO.[NH4+].[NH4+].[NH4+]. The highest BCUT2D eigenvalue weighted by Gasteiger charge is 2.10. The summed E-state index contributed by atoms with van der Waals surface area (Å²) in [7, 11) is -10.8. The predicted octanol–water partition coefficient (Wildman–Crippen LogP) is -0.616. The van der Waals surface area contributed by atoms with E-state index in [1.807, 2.05) is 0 Å².